The molecule has 7 nitrogen and oxygen atoms in total. The molecule has 3 N–H and O–H groups in total. The van der Waals surface area contributed by atoms with Gasteiger partial charge in [-0.25, -0.2) is 9.78 Å². The minimum Gasteiger partial charge on any atom is -0.448 e. The molecule has 0 aliphatic heterocycles. The lowest BCUT2D eigenvalue weighted by atomic mass is 10.1. The van der Waals surface area contributed by atoms with E-state index in [4.69, 9.17) is 16.3 Å². The van der Waals surface area contributed by atoms with E-state index in [0.717, 1.165) is 0 Å². The second-order valence-electron chi connectivity index (χ2n) is 5.74. The number of aryl methyl sites for hydroxylation is 1. The van der Waals surface area contributed by atoms with E-state index in [9.17, 15) is 14.7 Å². The van der Waals surface area contributed by atoms with Gasteiger partial charge >= 0.3 is 5.97 Å². The van der Waals surface area contributed by atoms with E-state index in [1.54, 1.807) is 32.9 Å². The third-order valence-corrected chi connectivity index (χ3v) is 3.97. The van der Waals surface area contributed by atoms with Crippen LogP contribution in [0, 0.1) is 13.8 Å². The molecule has 2 heterocycles. The van der Waals surface area contributed by atoms with Crippen LogP contribution in [-0.2, 0) is 9.53 Å². The van der Waals surface area contributed by atoms with Crippen molar-refractivity contribution >= 4 is 29.3 Å². The van der Waals surface area contributed by atoms with Crippen molar-refractivity contribution < 1.29 is 19.4 Å². The number of carbonyl (C=O) groups is 2. The lowest BCUT2D eigenvalue weighted by molar-refractivity contribution is -0.123. The molecule has 0 aliphatic rings. The van der Waals surface area contributed by atoms with Crippen LogP contribution in [-0.4, -0.2) is 33.1 Å². The third-order valence-electron chi connectivity index (χ3n) is 3.75. The van der Waals surface area contributed by atoms with Gasteiger partial charge in [0.2, 0.25) is 0 Å². The SMILES string of the molecule is Cc1[nH]c(C(=O)O[C@@H](C)C(=O)Nc2ccc(Cl)cn2)c(C)c1[C@H](C)O. The van der Waals surface area contributed by atoms with Crippen molar-refractivity contribution in [2.75, 3.05) is 5.32 Å². The van der Waals surface area contributed by atoms with Gasteiger partial charge < -0.3 is 20.1 Å². The van der Waals surface area contributed by atoms with Gasteiger partial charge in [-0.3, -0.25) is 4.79 Å². The van der Waals surface area contributed by atoms with E-state index >= 15 is 0 Å². The van der Waals surface area contributed by atoms with Crippen molar-refractivity contribution in [2.24, 2.45) is 0 Å². The van der Waals surface area contributed by atoms with E-state index in [0.29, 0.717) is 27.7 Å². The highest BCUT2D eigenvalue weighted by Gasteiger charge is 2.24. The molecule has 2 aromatic heterocycles. The number of rotatable bonds is 5. The van der Waals surface area contributed by atoms with Crippen molar-refractivity contribution in [3.63, 3.8) is 0 Å². The number of anilines is 1. The van der Waals surface area contributed by atoms with E-state index in [1.807, 2.05) is 0 Å². The zero-order chi connectivity index (χ0) is 18.7. The number of hydrogen-bond donors (Lipinski definition) is 3. The monoisotopic (exact) mass is 365 g/mol. The zero-order valence-corrected chi connectivity index (χ0v) is 15.1. The van der Waals surface area contributed by atoms with Crippen LogP contribution in [0.25, 0.3) is 0 Å². The molecular formula is C17H20ClN3O4. The van der Waals surface area contributed by atoms with Gasteiger partial charge in [-0.05, 0) is 45.4 Å². The summed E-state index contributed by atoms with van der Waals surface area (Å²) in [4.78, 5) is 31.3. The van der Waals surface area contributed by atoms with Crippen LogP contribution in [0.4, 0.5) is 5.82 Å². The van der Waals surface area contributed by atoms with Crippen molar-refractivity contribution in [3.05, 3.63) is 45.9 Å². The number of amides is 1. The molecule has 8 heteroatoms. The molecule has 2 aromatic rings. The number of H-pyrrole nitrogens is 1. The Morgan fingerprint density at radius 1 is 1.32 bits per heavy atom. The summed E-state index contributed by atoms with van der Waals surface area (Å²) in [5.41, 5.74) is 2.15. The van der Waals surface area contributed by atoms with Crippen LogP contribution >= 0.6 is 11.6 Å². The summed E-state index contributed by atoms with van der Waals surface area (Å²) in [7, 11) is 0. The van der Waals surface area contributed by atoms with Gasteiger partial charge in [0.1, 0.15) is 11.5 Å². The van der Waals surface area contributed by atoms with E-state index in [1.165, 1.54) is 13.1 Å². The molecule has 0 saturated carbocycles. The summed E-state index contributed by atoms with van der Waals surface area (Å²) < 4.78 is 5.21. The first-order chi connectivity index (χ1) is 11.7. The quantitative estimate of drug-likeness (QED) is 0.706. The van der Waals surface area contributed by atoms with Crippen molar-refractivity contribution in [1.29, 1.82) is 0 Å². The molecule has 0 aromatic carbocycles. The summed E-state index contributed by atoms with van der Waals surface area (Å²) in [5, 5.41) is 12.8. The van der Waals surface area contributed by atoms with Gasteiger partial charge in [-0.1, -0.05) is 11.6 Å². The number of halogens is 1. The fourth-order valence-corrected chi connectivity index (χ4v) is 2.66. The number of aromatic amines is 1. The second-order valence-corrected chi connectivity index (χ2v) is 6.17. The molecular weight excluding hydrogens is 346 g/mol. The molecule has 0 saturated heterocycles. The van der Waals surface area contributed by atoms with E-state index in [2.05, 4.69) is 15.3 Å². The number of pyridine rings is 1. The molecule has 1 amide bonds. The summed E-state index contributed by atoms with van der Waals surface area (Å²) in [6.45, 7) is 6.55. The normalized spacial score (nSPS) is 13.2. The molecule has 2 rings (SSSR count). The molecule has 0 aliphatic carbocycles. The Morgan fingerprint density at radius 3 is 2.52 bits per heavy atom. The highest BCUT2D eigenvalue weighted by Crippen LogP contribution is 2.25. The van der Waals surface area contributed by atoms with Gasteiger partial charge in [-0.2, -0.15) is 0 Å². The Balaban J connectivity index is 2.06. The Bertz CT molecular complexity index is 784. The topological polar surface area (TPSA) is 104 Å². The fourth-order valence-electron chi connectivity index (χ4n) is 2.55. The first-order valence-corrected chi connectivity index (χ1v) is 8.09. The number of esters is 1. The Morgan fingerprint density at radius 2 is 2.00 bits per heavy atom. The maximum absolute atomic E-state index is 12.3. The third kappa shape index (κ3) is 4.37. The van der Waals surface area contributed by atoms with Crippen LogP contribution in [0.5, 0.6) is 0 Å². The van der Waals surface area contributed by atoms with Crippen LogP contribution in [0.15, 0.2) is 18.3 Å². The Hall–Kier alpha value is -2.38. The van der Waals surface area contributed by atoms with Gasteiger partial charge in [0.15, 0.2) is 6.10 Å². The number of nitrogens with zero attached hydrogens (tertiary/aromatic N) is 1. The van der Waals surface area contributed by atoms with Crippen molar-refractivity contribution in [1.82, 2.24) is 9.97 Å². The smallest absolute Gasteiger partial charge is 0.355 e. The van der Waals surface area contributed by atoms with Gasteiger partial charge in [0, 0.05) is 17.5 Å². The molecule has 134 valence electrons. The molecule has 0 unspecified atom stereocenters. The predicted molar refractivity (Wildman–Crippen MR) is 93.7 cm³/mol. The van der Waals surface area contributed by atoms with Crippen molar-refractivity contribution in [2.45, 2.75) is 39.9 Å². The van der Waals surface area contributed by atoms with Crippen LogP contribution in [0.2, 0.25) is 5.02 Å². The van der Waals surface area contributed by atoms with E-state index in [-0.39, 0.29) is 5.69 Å². The Kier molecular flexibility index (Phi) is 5.81. The number of nitrogens with one attached hydrogen (secondary N) is 2. The number of ether oxygens (including phenoxy) is 1. The maximum Gasteiger partial charge on any atom is 0.355 e. The minimum absolute atomic E-state index is 0.220. The Labute approximate surface area is 150 Å². The molecule has 0 bridgehead atoms. The highest BCUT2D eigenvalue weighted by molar-refractivity contribution is 6.30. The number of carbonyl (C=O) groups excluding carboxylic acids is 2. The first-order valence-electron chi connectivity index (χ1n) is 7.71. The van der Waals surface area contributed by atoms with Gasteiger partial charge in [0.25, 0.3) is 5.91 Å². The minimum atomic E-state index is -1.03. The van der Waals surface area contributed by atoms with Crippen LogP contribution in [0.3, 0.4) is 0 Å². The fraction of sp³-hybridized carbons (Fsp3) is 0.353. The summed E-state index contributed by atoms with van der Waals surface area (Å²) in [6.07, 6.45) is -0.339. The largest absolute Gasteiger partial charge is 0.448 e. The van der Waals surface area contributed by atoms with E-state index < -0.39 is 24.1 Å². The highest BCUT2D eigenvalue weighted by atomic mass is 35.5. The van der Waals surface area contributed by atoms with Gasteiger partial charge in [0.05, 0.1) is 11.1 Å². The number of hydrogen-bond acceptors (Lipinski definition) is 5. The zero-order valence-electron chi connectivity index (χ0n) is 14.4. The van der Waals surface area contributed by atoms with Gasteiger partial charge in [-0.15, -0.1) is 0 Å². The van der Waals surface area contributed by atoms with Crippen LogP contribution < -0.4 is 5.32 Å². The summed E-state index contributed by atoms with van der Waals surface area (Å²) in [5.74, 6) is -0.875. The van der Waals surface area contributed by atoms with Crippen molar-refractivity contribution in [3.8, 4) is 0 Å². The second kappa shape index (κ2) is 7.67. The maximum atomic E-state index is 12.3. The molecule has 0 spiro atoms. The summed E-state index contributed by atoms with van der Waals surface area (Å²) >= 11 is 5.73. The predicted octanol–water partition coefficient (Wildman–Crippen LogP) is 2.92. The average molecular weight is 366 g/mol. The lowest BCUT2D eigenvalue weighted by Gasteiger charge is -2.13. The standard InChI is InChI=1S/C17H20ClN3O4/c1-8-14(10(3)22)9(2)20-15(8)17(24)25-11(4)16(23)21-13-6-5-12(18)7-19-13/h5-7,10-11,20,22H,1-4H3,(H,19,21,23)/t10-,11-/m0/s1. The molecule has 0 fully saturated rings. The molecule has 2 atom stereocenters. The molecule has 0 radical (unpaired) electrons. The first kappa shape index (κ1) is 19.0. The summed E-state index contributed by atoms with van der Waals surface area (Å²) in [6, 6.07) is 3.13. The van der Waals surface area contributed by atoms with Crippen LogP contribution in [0.1, 0.15) is 47.3 Å². The lowest BCUT2D eigenvalue weighted by Crippen LogP contribution is -2.30. The number of aliphatic hydroxyl groups is 1. The average Bonchev–Trinajstić information content (AvgIpc) is 2.84. The number of aromatic nitrogens is 2. The molecule has 25 heavy (non-hydrogen) atoms. The number of aliphatic hydroxyl groups excluding tert-OH is 1.